The molecule has 170 valence electrons. The molecule has 2 aliphatic rings. The number of nitrogens with zero attached hydrogens (tertiary/aromatic N) is 4. The third-order valence-corrected chi connectivity index (χ3v) is 9.25. The summed E-state index contributed by atoms with van der Waals surface area (Å²) in [7, 11) is -3.01. The van der Waals surface area contributed by atoms with Gasteiger partial charge in [0.2, 0.25) is 5.91 Å². The van der Waals surface area contributed by atoms with E-state index in [1.807, 2.05) is 24.0 Å². The Kier molecular flexibility index (Phi) is 6.95. The molecule has 0 N–H and O–H groups in total. The molecule has 9 heteroatoms. The van der Waals surface area contributed by atoms with Gasteiger partial charge < -0.3 is 4.90 Å². The molecule has 0 unspecified atom stereocenters. The first-order valence-electron chi connectivity index (χ1n) is 11.2. The van der Waals surface area contributed by atoms with Crippen molar-refractivity contribution in [3.05, 3.63) is 29.3 Å². The van der Waals surface area contributed by atoms with Gasteiger partial charge in [-0.1, -0.05) is 19.1 Å². The van der Waals surface area contributed by atoms with Gasteiger partial charge in [0, 0.05) is 38.3 Å². The standard InChI is InChI=1S/C22H32N4O3S2/c1-3-17(2)26(18-8-13-31(28,29)16-18)22(27)15-25-11-9-24(10-12-25)14-21-23-19-6-4-5-7-20(19)30-21/h4-7,17-18H,3,8-16H2,1-2H3/t17-,18-/m1/s1. The molecule has 0 saturated carbocycles. The van der Waals surface area contributed by atoms with Crippen LogP contribution in [0.3, 0.4) is 0 Å². The monoisotopic (exact) mass is 464 g/mol. The van der Waals surface area contributed by atoms with Crippen LogP contribution in [0.1, 0.15) is 31.7 Å². The van der Waals surface area contributed by atoms with Crippen LogP contribution in [-0.2, 0) is 21.2 Å². The molecule has 0 bridgehead atoms. The van der Waals surface area contributed by atoms with Crippen LogP contribution in [0.5, 0.6) is 0 Å². The van der Waals surface area contributed by atoms with Crippen LogP contribution in [0.2, 0.25) is 0 Å². The summed E-state index contributed by atoms with van der Waals surface area (Å²) in [5.41, 5.74) is 1.06. The molecule has 0 aliphatic carbocycles. The Morgan fingerprint density at radius 3 is 2.58 bits per heavy atom. The zero-order valence-electron chi connectivity index (χ0n) is 18.4. The highest BCUT2D eigenvalue weighted by Gasteiger charge is 2.37. The van der Waals surface area contributed by atoms with Crippen molar-refractivity contribution >= 4 is 37.3 Å². The molecule has 4 rings (SSSR count). The number of para-hydroxylation sites is 1. The fraction of sp³-hybridized carbons (Fsp3) is 0.636. The summed E-state index contributed by atoms with van der Waals surface area (Å²) in [4.78, 5) is 24.3. The highest BCUT2D eigenvalue weighted by atomic mass is 32.2. The van der Waals surface area contributed by atoms with E-state index in [0.29, 0.717) is 13.0 Å². The smallest absolute Gasteiger partial charge is 0.237 e. The lowest BCUT2D eigenvalue weighted by atomic mass is 10.1. The van der Waals surface area contributed by atoms with Crippen molar-refractivity contribution in [1.82, 2.24) is 19.7 Å². The third kappa shape index (κ3) is 5.45. The van der Waals surface area contributed by atoms with Gasteiger partial charge in [0.1, 0.15) is 5.01 Å². The van der Waals surface area contributed by atoms with Crippen molar-refractivity contribution in [1.29, 1.82) is 0 Å². The van der Waals surface area contributed by atoms with Gasteiger partial charge in [-0.2, -0.15) is 0 Å². The number of thiazole rings is 1. The highest BCUT2D eigenvalue weighted by Crippen LogP contribution is 2.24. The maximum absolute atomic E-state index is 13.1. The average molecular weight is 465 g/mol. The second-order valence-corrected chi connectivity index (χ2v) is 12.1. The predicted octanol–water partition coefficient (Wildman–Crippen LogP) is 2.23. The molecule has 0 radical (unpaired) electrons. The van der Waals surface area contributed by atoms with E-state index in [0.717, 1.165) is 49.7 Å². The summed E-state index contributed by atoms with van der Waals surface area (Å²) in [6.45, 7) is 8.79. The number of rotatable bonds is 7. The molecule has 3 heterocycles. The Bertz CT molecular complexity index is 982. The Balaban J connectivity index is 1.31. The second-order valence-electron chi connectivity index (χ2n) is 8.74. The predicted molar refractivity (Wildman–Crippen MR) is 125 cm³/mol. The Hall–Kier alpha value is -1.55. The topological polar surface area (TPSA) is 73.8 Å². The molecule has 2 fully saturated rings. The number of carbonyl (C=O) groups is 1. The van der Waals surface area contributed by atoms with Crippen LogP contribution >= 0.6 is 11.3 Å². The van der Waals surface area contributed by atoms with Crippen LogP contribution in [0.25, 0.3) is 10.2 Å². The number of fused-ring (bicyclic) bond motifs is 1. The third-order valence-electron chi connectivity index (χ3n) is 6.48. The summed E-state index contributed by atoms with van der Waals surface area (Å²) in [6.07, 6.45) is 1.40. The largest absolute Gasteiger partial charge is 0.335 e. The lowest BCUT2D eigenvalue weighted by Gasteiger charge is -2.38. The SMILES string of the molecule is CC[C@@H](C)N(C(=O)CN1CCN(Cc2nc3ccccc3s2)CC1)[C@@H]1CCS(=O)(=O)C1. The fourth-order valence-electron chi connectivity index (χ4n) is 4.56. The number of hydrogen-bond donors (Lipinski definition) is 0. The molecule has 0 spiro atoms. The zero-order chi connectivity index (χ0) is 22.0. The molecular formula is C22H32N4O3S2. The van der Waals surface area contributed by atoms with Crippen molar-refractivity contribution in [2.24, 2.45) is 0 Å². The van der Waals surface area contributed by atoms with Crippen LogP contribution in [0, 0.1) is 0 Å². The van der Waals surface area contributed by atoms with Gasteiger partial charge in [-0.3, -0.25) is 14.6 Å². The van der Waals surface area contributed by atoms with E-state index in [-0.39, 0.29) is 29.5 Å². The van der Waals surface area contributed by atoms with Crippen molar-refractivity contribution in [2.75, 3.05) is 44.2 Å². The van der Waals surface area contributed by atoms with Gasteiger partial charge in [-0.25, -0.2) is 13.4 Å². The molecule has 1 aromatic carbocycles. The van der Waals surface area contributed by atoms with Crippen molar-refractivity contribution in [3.8, 4) is 0 Å². The lowest BCUT2D eigenvalue weighted by molar-refractivity contribution is -0.137. The molecule has 2 aliphatic heterocycles. The molecule has 31 heavy (non-hydrogen) atoms. The van der Waals surface area contributed by atoms with E-state index < -0.39 is 9.84 Å². The molecule has 2 atom stereocenters. The van der Waals surface area contributed by atoms with E-state index in [1.165, 1.54) is 4.70 Å². The van der Waals surface area contributed by atoms with Gasteiger partial charge in [-0.05, 0) is 31.9 Å². The number of hydrogen-bond acceptors (Lipinski definition) is 7. The molecule has 2 aromatic rings. The number of piperazine rings is 1. The summed E-state index contributed by atoms with van der Waals surface area (Å²) in [5, 5.41) is 1.14. The van der Waals surface area contributed by atoms with Crippen molar-refractivity contribution < 1.29 is 13.2 Å². The summed E-state index contributed by atoms with van der Waals surface area (Å²) in [6, 6.07) is 8.12. The summed E-state index contributed by atoms with van der Waals surface area (Å²) in [5.74, 6) is 0.373. The van der Waals surface area contributed by atoms with Crippen LogP contribution < -0.4 is 0 Å². The van der Waals surface area contributed by atoms with Gasteiger partial charge in [-0.15, -0.1) is 11.3 Å². The Morgan fingerprint density at radius 1 is 1.23 bits per heavy atom. The van der Waals surface area contributed by atoms with Crippen molar-refractivity contribution in [3.63, 3.8) is 0 Å². The van der Waals surface area contributed by atoms with Crippen LogP contribution in [0.4, 0.5) is 0 Å². The van der Waals surface area contributed by atoms with Crippen LogP contribution in [-0.4, -0.2) is 90.3 Å². The maximum Gasteiger partial charge on any atom is 0.237 e. The fourth-order valence-corrected chi connectivity index (χ4v) is 7.28. The number of aromatic nitrogens is 1. The van der Waals surface area contributed by atoms with Crippen LogP contribution in [0.15, 0.2) is 24.3 Å². The average Bonchev–Trinajstić information content (AvgIpc) is 3.31. The first kappa shape index (κ1) is 22.6. The molecule has 7 nitrogen and oxygen atoms in total. The molecule has 1 aromatic heterocycles. The minimum atomic E-state index is -3.01. The van der Waals surface area contributed by atoms with E-state index >= 15 is 0 Å². The normalized spacial score (nSPS) is 23.2. The van der Waals surface area contributed by atoms with Gasteiger partial charge in [0.15, 0.2) is 9.84 Å². The van der Waals surface area contributed by atoms with E-state index in [4.69, 9.17) is 4.98 Å². The highest BCUT2D eigenvalue weighted by molar-refractivity contribution is 7.91. The minimum absolute atomic E-state index is 0.0612. The molecule has 2 saturated heterocycles. The van der Waals surface area contributed by atoms with Gasteiger partial charge in [0.25, 0.3) is 0 Å². The lowest BCUT2D eigenvalue weighted by Crippen LogP contribution is -2.53. The molecule has 1 amide bonds. The Morgan fingerprint density at radius 2 is 1.94 bits per heavy atom. The summed E-state index contributed by atoms with van der Waals surface area (Å²) >= 11 is 1.75. The second kappa shape index (κ2) is 9.52. The number of sulfone groups is 1. The first-order valence-corrected chi connectivity index (χ1v) is 13.8. The maximum atomic E-state index is 13.1. The number of benzene rings is 1. The number of carbonyl (C=O) groups excluding carboxylic acids is 1. The van der Waals surface area contributed by atoms with Gasteiger partial charge in [0.05, 0.1) is 34.8 Å². The van der Waals surface area contributed by atoms with E-state index in [2.05, 4.69) is 28.9 Å². The Labute approximate surface area is 189 Å². The van der Waals surface area contributed by atoms with Gasteiger partial charge >= 0.3 is 0 Å². The minimum Gasteiger partial charge on any atom is -0.335 e. The summed E-state index contributed by atoms with van der Waals surface area (Å²) < 4.78 is 25.1. The number of amides is 1. The molecular weight excluding hydrogens is 432 g/mol. The van der Waals surface area contributed by atoms with E-state index in [9.17, 15) is 13.2 Å². The quantitative estimate of drug-likeness (QED) is 0.626. The first-order chi connectivity index (χ1) is 14.8. The van der Waals surface area contributed by atoms with E-state index in [1.54, 1.807) is 11.3 Å². The zero-order valence-corrected chi connectivity index (χ0v) is 20.0. The van der Waals surface area contributed by atoms with Crippen molar-refractivity contribution in [2.45, 2.75) is 45.3 Å².